The molecule has 1 amide bonds. The number of anilines is 2. The van der Waals surface area contributed by atoms with Crippen LogP contribution in [0.25, 0.3) is 0 Å². The van der Waals surface area contributed by atoms with Gasteiger partial charge in [0.05, 0.1) is 16.4 Å². The summed E-state index contributed by atoms with van der Waals surface area (Å²) in [6.45, 7) is 5.08. The van der Waals surface area contributed by atoms with Crippen molar-refractivity contribution in [2.75, 3.05) is 36.0 Å². The van der Waals surface area contributed by atoms with E-state index in [0.717, 1.165) is 29.5 Å². The normalized spacial score (nSPS) is 22.8. The number of para-hydroxylation sites is 1. The second-order valence-corrected chi connectivity index (χ2v) is 5.01. The molecule has 1 aromatic rings. The lowest BCUT2D eigenvalue weighted by Gasteiger charge is -2.45. The van der Waals surface area contributed by atoms with Crippen LogP contribution in [-0.4, -0.2) is 38.1 Å². The first-order valence-corrected chi connectivity index (χ1v) is 6.69. The van der Waals surface area contributed by atoms with Crippen LogP contribution in [0.4, 0.5) is 11.4 Å². The molecule has 18 heavy (non-hydrogen) atoms. The highest BCUT2D eigenvalue weighted by molar-refractivity contribution is 6.34. The van der Waals surface area contributed by atoms with Crippen molar-refractivity contribution in [3.63, 3.8) is 0 Å². The molecule has 2 heterocycles. The molecule has 2 aliphatic heterocycles. The fourth-order valence-electron chi connectivity index (χ4n) is 2.82. The molecular weight excluding hydrogens is 250 g/mol. The fourth-order valence-corrected chi connectivity index (χ4v) is 3.10. The van der Waals surface area contributed by atoms with E-state index in [2.05, 4.69) is 10.2 Å². The van der Waals surface area contributed by atoms with Gasteiger partial charge in [0.2, 0.25) is 0 Å². The Bertz CT molecular complexity index is 491. The van der Waals surface area contributed by atoms with Crippen molar-refractivity contribution in [3.8, 4) is 0 Å². The van der Waals surface area contributed by atoms with Gasteiger partial charge in [0, 0.05) is 26.2 Å². The van der Waals surface area contributed by atoms with Crippen LogP contribution in [0, 0.1) is 0 Å². The van der Waals surface area contributed by atoms with Gasteiger partial charge in [-0.25, -0.2) is 0 Å². The van der Waals surface area contributed by atoms with E-state index >= 15 is 0 Å². The van der Waals surface area contributed by atoms with Crippen LogP contribution in [0.2, 0.25) is 5.02 Å². The van der Waals surface area contributed by atoms with Crippen molar-refractivity contribution in [3.05, 3.63) is 23.2 Å². The number of benzene rings is 1. The third-order valence-corrected chi connectivity index (χ3v) is 3.96. The highest BCUT2D eigenvalue weighted by Crippen LogP contribution is 2.41. The lowest BCUT2D eigenvalue weighted by molar-refractivity contribution is -0.120. The molecular formula is C13H16ClN3O. The zero-order valence-corrected chi connectivity index (χ0v) is 11.1. The first kappa shape index (κ1) is 11.8. The molecule has 1 aromatic carbocycles. The number of hydrogen-bond acceptors (Lipinski definition) is 3. The molecule has 0 aliphatic carbocycles. The summed E-state index contributed by atoms with van der Waals surface area (Å²) < 4.78 is 0. The summed E-state index contributed by atoms with van der Waals surface area (Å²) in [6, 6.07) is 5.65. The average Bonchev–Trinajstić information content (AvgIpc) is 2.39. The van der Waals surface area contributed by atoms with Gasteiger partial charge in [0.25, 0.3) is 5.91 Å². The molecule has 0 aromatic heterocycles. The zero-order valence-electron chi connectivity index (χ0n) is 10.3. The second-order valence-electron chi connectivity index (χ2n) is 4.60. The summed E-state index contributed by atoms with van der Waals surface area (Å²) in [7, 11) is 0. The van der Waals surface area contributed by atoms with Crippen molar-refractivity contribution < 1.29 is 4.79 Å². The van der Waals surface area contributed by atoms with Gasteiger partial charge in [-0.1, -0.05) is 17.7 Å². The van der Waals surface area contributed by atoms with E-state index in [4.69, 9.17) is 11.6 Å². The number of hydrogen-bond donors (Lipinski definition) is 1. The Labute approximate surface area is 112 Å². The van der Waals surface area contributed by atoms with Gasteiger partial charge < -0.3 is 15.1 Å². The van der Waals surface area contributed by atoms with E-state index in [1.54, 1.807) is 0 Å². The summed E-state index contributed by atoms with van der Waals surface area (Å²) in [6.07, 6.45) is 0. The van der Waals surface area contributed by atoms with E-state index in [1.165, 1.54) is 0 Å². The predicted molar refractivity (Wildman–Crippen MR) is 73.5 cm³/mol. The van der Waals surface area contributed by atoms with Crippen LogP contribution in [-0.2, 0) is 4.79 Å². The maximum Gasteiger partial charge on any atom is 0.251 e. The summed E-state index contributed by atoms with van der Waals surface area (Å²) in [5.41, 5.74) is 1.94. The zero-order chi connectivity index (χ0) is 12.7. The molecule has 3 rings (SSSR count). The Morgan fingerprint density at radius 2 is 2.33 bits per heavy atom. The number of carbonyl (C=O) groups excluding carboxylic acids is 1. The number of carbonyl (C=O) groups is 1. The number of amides is 1. The Morgan fingerprint density at radius 1 is 1.50 bits per heavy atom. The number of likely N-dealkylation sites (N-methyl/N-ethyl adjacent to an activating group) is 1. The quantitative estimate of drug-likeness (QED) is 0.836. The predicted octanol–water partition coefficient (Wildman–Crippen LogP) is 1.48. The standard InChI is InChI=1S/C13H16ClN3O/c1-2-16-10-5-3-4-9(14)12(10)17-7-6-15-8-11(17)13(16)18/h3-5,11,15H,2,6-8H2,1H3. The van der Waals surface area contributed by atoms with E-state index in [0.29, 0.717) is 13.1 Å². The maximum atomic E-state index is 12.5. The number of nitrogens with zero attached hydrogens (tertiary/aromatic N) is 2. The summed E-state index contributed by atoms with van der Waals surface area (Å²) >= 11 is 6.33. The van der Waals surface area contributed by atoms with Gasteiger partial charge in [0.1, 0.15) is 6.04 Å². The maximum absolute atomic E-state index is 12.5. The Morgan fingerprint density at radius 3 is 3.11 bits per heavy atom. The van der Waals surface area contributed by atoms with Crippen LogP contribution in [0.3, 0.4) is 0 Å². The van der Waals surface area contributed by atoms with E-state index in [1.807, 2.05) is 30.0 Å². The van der Waals surface area contributed by atoms with Crippen LogP contribution in [0.15, 0.2) is 18.2 Å². The molecule has 4 nitrogen and oxygen atoms in total. The molecule has 2 aliphatic rings. The summed E-state index contributed by atoms with van der Waals surface area (Å²) in [5.74, 6) is 0.166. The largest absolute Gasteiger partial charge is 0.354 e. The van der Waals surface area contributed by atoms with Crippen molar-refractivity contribution >= 4 is 28.9 Å². The van der Waals surface area contributed by atoms with E-state index < -0.39 is 0 Å². The second kappa shape index (κ2) is 4.44. The van der Waals surface area contributed by atoms with Crippen LogP contribution >= 0.6 is 11.6 Å². The first-order valence-electron chi connectivity index (χ1n) is 6.31. The molecule has 0 bridgehead atoms. The van der Waals surface area contributed by atoms with Crippen LogP contribution < -0.4 is 15.1 Å². The molecule has 1 atom stereocenters. The van der Waals surface area contributed by atoms with Gasteiger partial charge >= 0.3 is 0 Å². The van der Waals surface area contributed by atoms with Crippen molar-refractivity contribution in [2.45, 2.75) is 13.0 Å². The number of piperazine rings is 1. The third-order valence-electron chi connectivity index (χ3n) is 3.65. The molecule has 0 spiro atoms. The van der Waals surface area contributed by atoms with Gasteiger partial charge in [-0.2, -0.15) is 0 Å². The molecule has 5 heteroatoms. The molecule has 1 fully saturated rings. The molecule has 0 saturated carbocycles. The monoisotopic (exact) mass is 265 g/mol. The van der Waals surface area contributed by atoms with Crippen molar-refractivity contribution in [1.29, 1.82) is 0 Å². The Balaban J connectivity index is 2.16. The summed E-state index contributed by atoms with van der Waals surface area (Å²) in [5, 5.41) is 4.00. The molecule has 96 valence electrons. The fraction of sp³-hybridized carbons (Fsp3) is 0.462. The SMILES string of the molecule is CCN1C(=O)C2CNCCN2c2c(Cl)cccc21. The molecule has 1 saturated heterocycles. The topological polar surface area (TPSA) is 35.6 Å². The smallest absolute Gasteiger partial charge is 0.251 e. The highest BCUT2D eigenvalue weighted by Gasteiger charge is 2.39. The first-order chi connectivity index (χ1) is 8.74. The molecule has 1 N–H and O–H groups in total. The number of rotatable bonds is 1. The average molecular weight is 266 g/mol. The van der Waals surface area contributed by atoms with Gasteiger partial charge in [-0.15, -0.1) is 0 Å². The van der Waals surface area contributed by atoms with Gasteiger partial charge in [-0.3, -0.25) is 4.79 Å². The summed E-state index contributed by atoms with van der Waals surface area (Å²) in [4.78, 5) is 16.4. The minimum absolute atomic E-state index is 0.119. The third kappa shape index (κ3) is 1.60. The van der Waals surface area contributed by atoms with Crippen LogP contribution in [0.5, 0.6) is 0 Å². The molecule has 0 radical (unpaired) electrons. The van der Waals surface area contributed by atoms with Gasteiger partial charge in [-0.05, 0) is 19.1 Å². The Kier molecular flexibility index (Phi) is 2.92. The van der Waals surface area contributed by atoms with E-state index in [9.17, 15) is 4.79 Å². The minimum Gasteiger partial charge on any atom is -0.354 e. The minimum atomic E-state index is -0.119. The lowest BCUT2D eigenvalue weighted by Crippen LogP contribution is -2.62. The number of halogens is 1. The highest BCUT2D eigenvalue weighted by atomic mass is 35.5. The lowest BCUT2D eigenvalue weighted by atomic mass is 10.0. The van der Waals surface area contributed by atoms with E-state index in [-0.39, 0.29) is 11.9 Å². The van der Waals surface area contributed by atoms with Crippen LogP contribution in [0.1, 0.15) is 6.92 Å². The van der Waals surface area contributed by atoms with Crippen molar-refractivity contribution in [1.82, 2.24) is 5.32 Å². The van der Waals surface area contributed by atoms with Gasteiger partial charge in [0.15, 0.2) is 0 Å². The number of fused-ring (bicyclic) bond motifs is 3. The number of nitrogens with one attached hydrogen (secondary N) is 1. The van der Waals surface area contributed by atoms with Crippen molar-refractivity contribution in [2.24, 2.45) is 0 Å². The Hall–Kier alpha value is -1.26. The molecule has 1 unspecified atom stereocenters.